The van der Waals surface area contributed by atoms with E-state index in [2.05, 4.69) is 28.6 Å². The lowest BCUT2D eigenvalue weighted by molar-refractivity contribution is 0.0726. The second-order valence-electron chi connectivity index (χ2n) is 8.59. The number of nitrogens with one attached hydrogen (secondary N) is 1. The molecule has 0 bridgehead atoms. The highest BCUT2D eigenvalue weighted by molar-refractivity contribution is 5.94. The highest BCUT2D eigenvalue weighted by atomic mass is 19.1. The van der Waals surface area contributed by atoms with Crippen LogP contribution in [0.4, 0.5) is 4.39 Å². The minimum absolute atomic E-state index is 0.0329. The number of fused-ring (bicyclic) bond motifs is 2. The molecule has 1 aliphatic carbocycles. The lowest BCUT2D eigenvalue weighted by atomic mass is 9.90. The number of carbonyl (C=O) groups is 1. The van der Waals surface area contributed by atoms with Crippen molar-refractivity contribution in [3.63, 3.8) is 0 Å². The number of carbonyl (C=O) groups excluding carboxylic acids is 1. The van der Waals surface area contributed by atoms with Gasteiger partial charge in [-0.1, -0.05) is 36.4 Å². The van der Waals surface area contributed by atoms with Crippen molar-refractivity contribution in [2.24, 2.45) is 7.05 Å². The number of aromatic nitrogens is 2. The first-order valence-electron chi connectivity index (χ1n) is 11.0. The van der Waals surface area contributed by atoms with E-state index in [1.165, 1.54) is 29.0 Å². The van der Waals surface area contributed by atoms with Gasteiger partial charge in [-0.3, -0.25) is 9.48 Å². The van der Waals surface area contributed by atoms with Gasteiger partial charge in [0.25, 0.3) is 5.91 Å². The Labute approximate surface area is 181 Å². The van der Waals surface area contributed by atoms with Crippen LogP contribution in [0.1, 0.15) is 44.9 Å². The van der Waals surface area contributed by atoms with Crippen molar-refractivity contribution in [3.05, 3.63) is 88.0 Å². The predicted molar refractivity (Wildman–Crippen MR) is 117 cm³/mol. The molecule has 1 atom stereocenters. The fraction of sp³-hybridized carbons (Fsp3) is 0.360. The number of halogens is 1. The van der Waals surface area contributed by atoms with E-state index in [-0.39, 0.29) is 17.8 Å². The van der Waals surface area contributed by atoms with Gasteiger partial charge in [-0.05, 0) is 54.5 Å². The summed E-state index contributed by atoms with van der Waals surface area (Å²) in [6.45, 7) is 2.06. The molecule has 3 aromatic rings. The molecule has 2 heterocycles. The Kier molecular flexibility index (Phi) is 5.32. The molecule has 0 saturated carbocycles. The Morgan fingerprint density at radius 2 is 1.90 bits per heavy atom. The van der Waals surface area contributed by atoms with Gasteiger partial charge in [0.15, 0.2) is 5.69 Å². The summed E-state index contributed by atoms with van der Waals surface area (Å²) in [6.07, 6.45) is 3.57. The number of aryl methyl sites for hydroxylation is 1. The third-order valence-electron chi connectivity index (χ3n) is 6.58. The molecule has 31 heavy (non-hydrogen) atoms. The molecule has 2 aliphatic rings. The van der Waals surface area contributed by atoms with Crippen LogP contribution in [0.15, 0.2) is 48.5 Å². The monoisotopic (exact) mass is 418 g/mol. The van der Waals surface area contributed by atoms with Crippen LogP contribution in [0.2, 0.25) is 0 Å². The van der Waals surface area contributed by atoms with Gasteiger partial charge in [-0.2, -0.15) is 5.10 Å². The smallest absolute Gasteiger partial charge is 0.274 e. The molecule has 0 spiro atoms. The molecule has 1 N–H and O–H groups in total. The fourth-order valence-electron chi connectivity index (χ4n) is 4.82. The van der Waals surface area contributed by atoms with Crippen LogP contribution in [0, 0.1) is 5.82 Å². The number of nitrogens with zero attached hydrogens (tertiary/aromatic N) is 3. The van der Waals surface area contributed by atoms with E-state index in [4.69, 9.17) is 0 Å². The van der Waals surface area contributed by atoms with Crippen molar-refractivity contribution in [3.8, 4) is 0 Å². The average Bonchev–Trinajstić information content (AvgIpc) is 3.13. The molecule has 0 saturated heterocycles. The van der Waals surface area contributed by atoms with Gasteiger partial charge < -0.3 is 10.2 Å². The lowest BCUT2D eigenvalue weighted by Crippen LogP contribution is -2.38. The summed E-state index contributed by atoms with van der Waals surface area (Å²) in [4.78, 5) is 15.3. The Morgan fingerprint density at radius 3 is 2.71 bits per heavy atom. The summed E-state index contributed by atoms with van der Waals surface area (Å²) in [5, 5.41) is 8.22. The van der Waals surface area contributed by atoms with Gasteiger partial charge >= 0.3 is 0 Å². The minimum atomic E-state index is -0.218. The molecule has 5 rings (SSSR count). The summed E-state index contributed by atoms with van der Waals surface area (Å²) in [7, 11) is 1.94. The lowest BCUT2D eigenvalue weighted by Gasteiger charge is -2.29. The van der Waals surface area contributed by atoms with Crippen LogP contribution in [0.3, 0.4) is 0 Å². The van der Waals surface area contributed by atoms with Crippen molar-refractivity contribution in [2.75, 3.05) is 6.54 Å². The second kappa shape index (κ2) is 8.27. The topological polar surface area (TPSA) is 50.2 Å². The van der Waals surface area contributed by atoms with E-state index < -0.39 is 0 Å². The Hall–Kier alpha value is -2.99. The number of benzene rings is 2. The molecule has 5 nitrogen and oxygen atoms in total. The van der Waals surface area contributed by atoms with Crippen LogP contribution in [0.25, 0.3) is 0 Å². The Bertz CT molecular complexity index is 1110. The quantitative estimate of drug-likeness (QED) is 0.707. The summed E-state index contributed by atoms with van der Waals surface area (Å²) < 4.78 is 15.0. The molecule has 160 valence electrons. The van der Waals surface area contributed by atoms with Crippen LogP contribution in [-0.2, 0) is 39.4 Å². The number of rotatable bonds is 4. The van der Waals surface area contributed by atoms with Gasteiger partial charge in [0.2, 0.25) is 0 Å². The van der Waals surface area contributed by atoms with Gasteiger partial charge in [-0.15, -0.1) is 0 Å². The van der Waals surface area contributed by atoms with Crippen LogP contribution >= 0.6 is 0 Å². The first-order valence-corrected chi connectivity index (χ1v) is 11.0. The largest absolute Gasteiger partial charge is 0.333 e. The maximum absolute atomic E-state index is 13.4. The second-order valence-corrected chi connectivity index (χ2v) is 8.59. The molecular weight excluding hydrogens is 391 g/mol. The molecule has 1 aliphatic heterocycles. The van der Waals surface area contributed by atoms with Crippen LogP contribution in [-0.4, -0.2) is 33.2 Å². The van der Waals surface area contributed by atoms with E-state index in [0.717, 1.165) is 43.4 Å². The standard InChI is InChI=1S/C25H27FN4O/c1-29-23-11-10-21(27-15-17-6-8-20(26)9-7-17)14-22(23)24(28-29)25(31)30-13-12-18-4-2-3-5-19(18)16-30/h2-9,21,27H,10-16H2,1H3/t21-/m1/s1. The van der Waals surface area contributed by atoms with E-state index in [1.54, 1.807) is 0 Å². The van der Waals surface area contributed by atoms with Crippen molar-refractivity contribution in [1.82, 2.24) is 20.0 Å². The summed E-state index contributed by atoms with van der Waals surface area (Å²) in [5.74, 6) is -0.185. The maximum Gasteiger partial charge on any atom is 0.274 e. The Morgan fingerprint density at radius 1 is 1.13 bits per heavy atom. The van der Waals surface area contributed by atoms with Crippen molar-refractivity contribution in [1.29, 1.82) is 0 Å². The van der Waals surface area contributed by atoms with Gasteiger partial charge in [0.1, 0.15) is 5.82 Å². The van der Waals surface area contributed by atoms with Crippen molar-refractivity contribution in [2.45, 2.75) is 44.8 Å². The third kappa shape index (κ3) is 4.00. The zero-order valence-corrected chi connectivity index (χ0v) is 17.8. The molecule has 0 radical (unpaired) electrons. The summed E-state index contributed by atoms with van der Waals surface area (Å²) >= 11 is 0. The van der Waals surface area contributed by atoms with E-state index in [0.29, 0.717) is 18.8 Å². The first-order chi connectivity index (χ1) is 15.1. The van der Waals surface area contributed by atoms with E-state index in [9.17, 15) is 9.18 Å². The first kappa shape index (κ1) is 19.9. The predicted octanol–water partition coefficient (Wildman–Crippen LogP) is 3.40. The van der Waals surface area contributed by atoms with Crippen LogP contribution < -0.4 is 5.32 Å². The van der Waals surface area contributed by atoms with Crippen molar-refractivity contribution < 1.29 is 9.18 Å². The summed E-state index contributed by atoms with van der Waals surface area (Å²) in [5.41, 5.74) is 6.46. The average molecular weight is 419 g/mol. The van der Waals surface area contributed by atoms with Gasteiger partial charge in [0, 0.05) is 44.0 Å². The SMILES string of the molecule is Cn1nc(C(=O)N2CCc3ccccc3C2)c2c1CC[C@@H](NCc1ccc(F)cc1)C2. The van der Waals surface area contributed by atoms with Gasteiger partial charge in [-0.25, -0.2) is 4.39 Å². The third-order valence-corrected chi connectivity index (χ3v) is 6.58. The van der Waals surface area contributed by atoms with Gasteiger partial charge in [0.05, 0.1) is 0 Å². The number of hydrogen-bond donors (Lipinski definition) is 1. The van der Waals surface area contributed by atoms with Crippen molar-refractivity contribution >= 4 is 5.91 Å². The molecule has 1 amide bonds. The Balaban J connectivity index is 1.31. The zero-order chi connectivity index (χ0) is 21.4. The molecule has 6 heteroatoms. The number of hydrogen-bond acceptors (Lipinski definition) is 3. The molecule has 2 aromatic carbocycles. The maximum atomic E-state index is 13.4. The molecule has 0 unspecified atom stereocenters. The molecule has 1 aromatic heterocycles. The normalized spacial score (nSPS) is 17.9. The fourth-order valence-corrected chi connectivity index (χ4v) is 4.82. The van der Waals surface area contributed by atoms with Crippen LogP contribution in [0.5, 0.6) is 0 Å². The van der Waals surface area contributed by atoms with E-state index >= 15 is 0 Å². The highest BCUT2D eigenvalue weighted by Crippen LogP contribution is 2.27. The highest BCUT2D eigenvalue weighted by Gasteiger charge is 2.31. The molecule has 0 fully saturated rings. The molecular formula is C25H27FN4O. The zero-order valence-electron chi connectivity index (χ0n) is 17.8. The van der Waals surface area contributed by atoms with E-state index in [1.807, 2.05) is 34.8 Å². The summed E-state index contributed by atoms with van der Waals surface area (Å²) in [6, 6.07) is 15.2. The number of amides is 1. The minimum Gasteiger partial charge on any atom is -0.333 e.